The lowest BCUT2D eigenvalue weighted by molar-refractivity contribution is 0.149. The van der Waals surface area contributed by atoms with E-state index in [1.165, 1.54) is 0 Å². The predicted octanol–water partition coefficient (Wildman–Crippen LogP) is 1.01. The van der Waals surface area contributed by atoms with E-state index in [0.717, 1.165) is 0 Å². The van der Waals surface area contributed by atoms with Crippen molar-refractivity contribution in [1.29, 1.82) is 0 Å². The van der Waals surface area contributed by atoms with Gasteiger partial charge in [-0.15, -0.1) is 0 Å². The van der Waals surface area contributed by atoms with Gasteiger partial charge >= 0.3 is 0 Å². The molecule has 0 aromatic carbocycles. The van der Waals surface area contributed by atoms with Gasteiger partial charge in [-0.3, -0.25) is 0 Å². The van der Waals surface area contributed by atoms with E-state index in [0.29, 0.717) is 6.07 Å². The number of aromatic nitrogens is 1. The minimum Gasteiger partial charge on any atom is -0.383 e. The number of rotatable bonds is 2. The van der Waals surface area contributed by atoms with Gasteiger partial charge in [-0.1, -0.05) is 0 Å². The lowest BCUT2D eigenvalue weighted by atomic mass is 10.3. The first-order valence-corrected chi connectivity index (χ1v) is 5.84. The Bertz CT molecular complexity index is 491. The Kier molecular flexibility index (Phi) is 3.26. The largest absolute Gasteiger partial charge is 0.383 e. The highest BCUT2D eigenvalue weighted by atomic mass is 79.9. The van der Waals surface area contributed by atoms with Gasteiger partial charge in [-0.25, -0.2) is 27.3 Å². The average molecular weight is 302 g/mol. The highest BCUT2D eigenvalue weighted by Crippen LogP contribution is 2.30. The van der Waals surface area contributed by atoms with Crippen molar-refractivity contribution in [3.63, 3.8) is 0 Å². The summed E-state index contributed by atoms with van der Waals surface area (Å²) in [6.45, 7) is 0. The van der Waals surface area contributed by atoms with Crippen LogP contribution in [0.3, 0.4) is 0 Å². The lowest BCUT2D eigenvalue weighted by Crippen LogP contribution is -2.16. The van der Waals surface area contributed by atoms with Gasteiger partial charge in [0.1, 0.15) is 15.3 Å². The number of sulfonamides is 1. The third-order valence-electron chi connectivity index (χ3n) is 1.54. The lowest BCUT2D eigenvalue weighted by Gasteiger charge is -2.07. The van der Waals surface area contributed by atoms with Gasteiger partial charge in [-0.05, 0) is 22.0 Å². The number of anilines is 1. The maximum absolute atomic E-state index is 12.4. The number of alkyl halides is 2. The number of primary sulfonamides is 1. The molecule has 1 rings (SSSR count). The molecule has 0 amide bonds. The maximum atomic E-state index is 12.4. The van der Waals surface area contributed by atoms with Crippen LogP contribution in [-0.4, -0.2) is 13.4 Å². The van der Waals surface area contributed by atoms with E-state index in [1.807, 2.05) is 0 Å². The van der Waals surface area contributed by atoms with Gasteiger partial charge < -0.3 is 5.73 Å². The average Bonchev–Trinajstić information content (AvgIpc) is 2.00. The van der Waals surface area contributed by atoms with Gasteiger partial charge in [0.2, 0.25) is 10.0 Å². The summed E-state index contributed by atoms with van der Waals surface area (Å²) < 4.78 is 46.4. The van der Waals surface area contributed by atoms with Crippen LogP contribution in [0, 0.1) is 0 Å². The second kappa shape index (κ2) is 3.99. The van der Waals surface area contributed by atoms with E-state index in [1.54, 1.807) is 0 Å². The van der Waals surface area contributed by atoms with Crippen molar-refractivity contribution in [2.24, 2.45) is 5.14 Å². The molecular formula is C6H6BrF2N3O2S. The van der Waals surface area contributed by atoms with Crippen LogP contribution in [0.4, 0.5) is 14.6 Å². The highest BCUT2D eigenvalue weighted by Gasteiger charge is 2.21. The standard InChI is InChI=1S/C6H6BrF2N3O2S/c7-4-2(5(8)9)1-3(6(10)12-4)15(11,13)14/h1,5H,(H2,10,12)(H2,11,13,14). The third kappa shape index (κ3) is 2.61. The first kappa shape index (κ1) is 12.3. The molecule has 0 fully saturated rings. The molecule has 4 N–H and O–H groups in total. The van der Waals surface area contributed by atoms with E-state index >= 15 is 0 Å². The predicted molar refractivity (Wildman–Crippen MR) is 52.7 cm³/mol. The molecular weight excluding hydrogens is 296 g/mol. The number of hydrogen-bond acceptors (Lipinski definition) is 4. The van der Waals surface area contributed by atoms with Crippen LogP contribution >= 0.6 is 15.9 Å². The molecule has 0 spiro atoms. The molecule has 0 saturated carbocycles. The number of nitrogens with two attached hydrogens (primary N) is 2. The number of nitrogen functional groups attached to an aromatic ring is 1. The summed E-state index contributed by atoms with van der Waals surface area (Å²) in [7, 11) is -4.15. The smallest absolute Gasteiger partial charge is 0.266 e. The summed E-state index contributed by atoms with van der Waals surface area (Å²) in [5.41, 5.74) is 4.66. The van der Waals surface area contributed by atoms with Crippen LogP contribution in [-0.2, 0) is 10.0 Å². The van der Waals surface area contributed by atoms with Crippen LogP contribution in [0.2, 0.25) is 0 Å². The summed E-state index contributed by atoms with van der Waals surface area (Å²) in [6, 6.07) is 0.701. The van der Waals surface area contributed by atoms with E-state index in [2.05, 4.69) is 20.9 Å². The molecule has 0 radical (unpaired) electrons. The van der Waals surface area contributed by atoms with Crippen LogP contribution in [0.1, 0.15) is 12.0 Å². The molecule has 0 aliphatic heterocycles. The second-order valence-electron chi connectivity index (χ2n) is 2.60. The van der Waals surface area contributed by atoms with Crippen LogP contribution < -0.4 is 10.9 Å². The van der Waals surface area contributed by atoms with Gasteiger partial charge in [0.15, 0.2) is 0 Å². The van der Waals surface area contributed by atoms with Crippen molar-refractivity contribution in [3.05, 3.63) is 16.2 Å². The Labute approximate surface area is 92.7 Å². The van der Waals surface area contributed by atoms with Crippen molar-refractivity contribution in [2.45, 2.75) is 11.3 Å². The van der Waals surface area contributed by atoms with E-state index in [4.69, 9.17) is 10.9 Å². The first-order chi connectivity index (χ1) is 6.73. The topological polar surface area (TPSA) is 99.1 Å². The minimum absolute atomic E-state index is 0.206. The second-order valence-corrected chi connectivity index (χ2v) is 4.88. The maximum Gasteiger partial charge on any atom is 0.266 e. The number of hydrogen-bond donors (Lipinski definition) is 2. The molecule has 1 heterocycles. The van der Waals surface area contributed by atoms with Gasteiger partial charge in [0, 0.05) is 0 Å². The van der Waals surface area contributed by atoms with Crippen molar-refractivity contribution in [2.75, 3.05) is 5.73 Å². The zero-order chi connectivity index (χ0) is 11.8. The van der Waals surface area contributed by atoms with Gasteiger partial charge in [0.05, 0.1) is 5.56 Å². The number of halogens is 3. The molecule has 0 aliphatic rings. The molecule has 9 heteroatoms. The fraction of sp³-hybridized carbons (Fsp3) is 0.167. The van der Waals surface area contributed by atoms with Gasteiger partial charge in [0.25, 0.3) is 6.43 Å². The summed E-state index contributed by atoms with van der Waals surface area (Å²) in [5, 5.41) is 4.77. The summed E-state index contributed by atoms with van der Waals surface area (Å²) >= 11 is 2.74. The SMILES string of the molecule is Nc1nc(Br)c(C(F)F)cc1S(N)(=O)=O. The summed E-state index contributed by atoms with van der Waals surface area (Å²) in [5.74, 6) is -0.422. The molecule has 0 aliphatic carbocycles. The van der Waals surface area contributed by atoms with Crippen LogP contribution in [0.15, 0.2) is 15.6 Å². The summed E-state index contributed by atoms with van der Waals surface area (Å²) in [4.78, 5) is 2.81. The highest BCUT2D eigenvalue weighted by molar-refractivity contribution is 9.10. The quantitative estimate of drug-likeness (QED) is 0.796. The zero-order valence-corrected chi connectivity index (χ0v) is 9.52. The Morgan fingerprint density at radius 3 is 2.40 bits per heavy atom. The first-order valence-electron chi connectivity index (χ1n) is 3.50. The summed E-state index contributed by atoms with van der Waals surface area (Å²) in [6.07, 6.45) is -2.87. The van der Waals surface area contributed by atoms with Crippen molar-refractivity contribution < 1.29 is 17.2 Å². The van der Waals surface area contributed by atoms with Crippen LogP contribution in [0.25, 0.3) is 0 Å². The molecule has 1 aromatic rings. The molecule has 1 aromatic heterocycles. The Balaban J connectivity index is 3.50. The normalized spacial score (nSPS) is 12.1. The van der Waals surface area contributed by atoms with E-state index < -0.39 is 32.7 Å². The number of nitrogens with zero attached hydrogens (tertiary/aromatic N) is 1. The minimum atomic E-state index is -4.15. The van der Waals surface area contributed by atoms with E-state index in [9.17, 15) is 17.2 Å². The molecule has 5 nitrogen and oxygen atoms in total. The van der Waals surface area contributed by atoms with Gasteiger partial charge in [-0.2, -0.15) is 0 Å². The Morgan fingerprint density at radius 2 is 2.00 bits per heavy atom. The molecule has 0 saturated heterocycles. The zero-order valence-electron chi connectivity index (χ0n) is 7.12. The molecule has 0 bridgehead atoms. The Hall–Kier alpha value is -0.800. The monoisotopic (exact) mass is 301 g/mol. The molecule has 84 valence electrons. The molecule has 0 atom stereocenters. The van der Waals surface area contributed by atoms with Crippen molar-refractivity contribution >= 4 is 31.8 Å². The fourth-order valence-corrected chi connectivity index (χ4v) is 1.99. The Morgan fingerprint density at radius 1 is 1.47 bits per heavy atom. The molecule has 0 unspecified atom stereocenters. The van der Waals surface area contributed by atoms with Crippen molar-refractivity contribution in [1.82, 2.24) is 4.98 Å². The third-order valence-corrected chi connectivity index (χ3v) is 3.11. The van der Waals surface area contributed by atoms with Crippen molar-refractivity contribution in [3.8, 4) is 0 Å². The van der Waals surface area contributed by atoms with E-state index in [-0.39, 0.29) is 4.60 Å². The van der Waals surface area contributed by atoms with Crippen LogP contribution in [0.5, 0.6) is 0 Å². The number of pyridine rings is 1. The fourth-order valence-electron chi connectivity index (χ4n) is 0.881. The molecule has 15 heavy (non-hydrogen) atoms.